The normalized spacial score (nSPS) is 11.7. The molecular formula is C22H23ClN4O2S. The number of hydrogen-bond donors (Lipinski definition) is 1. The Balaban J connectivity index is 1.59. The SMILES string of the molecule is C=CCn1c(SCC(=O)NCc2ccc(Cl)cc2)nnc1C(C)Oc1ccccc1. The van der Waals surface area contributed by atoms with E-state index in [4.69, 9.17) is 16.3 Å². The van der Waals surface area contributed by atoms with E-state index in [1.807, 2.05) is 54.0 Å². The van der Waals surface area contributed by atoms with Crippen molar-refractivity contribution < 1.29 is 9.53 Å². The van der Waals surface area contributed by atoms with Crippen LogP contribution in [0.5, 0.6) is 5.75 Å². The molecule has 8 heteroatoms. The average Bonchev–Trinajstić information content (AvgIpc) is 3.15. The predicted octanol–water partition coefficient (Wildman–Crippen LogP) is 4.67. The number of benzene rings is 2. The lowest BCUT2D eigenvalue weighted by molar-refractivity contribution is -0.118. The van der Waals surface area contributed by atoms with Crippen molar-refractivity contribution >= 4 is 29.3 Å². The predicted molar refractivity (Wildman–Crippen MR) is 120 cm³/mol. The fraction of sp³-hybridized carbons (Fsp3) is 0.227. The minimum Gasteiger partial charge on any atom is -0.483 e. The number of ether oxygens (including phenoxy) is 1. The maximum Gasteiger partial charge on any atom is 0.230 e. The highest BCUT2D eigenvalue weighted by Gasteiger charge is 2.19. The Morgan fingerprint density at radius 1 is 1.23 bits per heavy atom. The molecule has 30 heavy (non-hydrogen) atoms. The molecule has 2 aromatic carbocycles. The van der Waals surface area contributed by atoms with E-state index in [-0.39, 0.29) is 17.8 Å². The van der Waals surface area contributed by atoms with Crippen molar-refractivity contribution in [2.45, 2.75) is 31.3 Å². The second-order valence-corrected chi connectivity index (χ2v) is 7.88. The van der Waals surface area contributed by atoms with Gasteiger partial charge in [0.15, 0.2) is 17.1 Å². The van der Waals surface area contributed by atoms with Crippen LogP contribution >= 0.6 is 23.4 Å². The molecule has 0 fully saturated rings. The summed E-state index contributed by atoms with van der Waals surface area (Å²) in [5.41, 5.74) is 0.988. The first kappa shape index (κ1) is 21.9. The summed E-state index contributed by atoms with van der Waals surface area (Å²) in [4.78, 5) is 12.2. The Kier molecular flexibility index (Phi) is 7.93. The monoisotopic (exact) mass is 442 g/mol. The number of carbonyl (C=O) groups excluding carboxylic acids is 1. The van der Waals surface area contributed by atoms with Gasteiger partial charge in [-0.3, -0.25) is 9.36 Å². The molecule has 1 heterocycles. The average molecular weight is 443 g/mol. The van der Waals surface area contributed by atoms with E-state index in [0.29, 0.717) is 29.1 Å². The fourth-order valence-electron chi connectivity index (χ4n) is 2.75. The molecule has 1 unspecified atom stereocenters. The molecule has 1 N–H and O–H groups in total. The molecule has 156 valence electrons. The number of amides is 1. The van der Waals surface area contributed by atoms with Crippen molar-refractivity contribution in [3.05, 3.63) is 83.7 Å². The van der Waals surface area contributed by atoms with Gasteiger partial charge in [0.05, 0.1) is 5.75 Å². The third kappa shape index (κ3) is 6.11. The van der Waals surface area contributed by atoms with Gasteiger partial charge in [0.25, 0.3) is 0 Å². The highest BCUT2D eigenvalue weighted by Crippen LogP contribution is 2.24. The molecule has 1 amide bonds. The summed E-state index contributed by atoms with van der Waals surface area (Å²) in [7, 11) is 0. The summed E-state index contributed by atoms with van der Waals surface area (Å²) in [6.45, 7) is 6.71. The van der Waals surface area contributed by atoms with E-state index in [9.17, 15) is 4.79 Å². The van der Waals surface area contributed by atoms with E-state index in [1.165, 1.54) is 11.8 Å². The van der Waals surface area contributed by atoms with Crippen LogP contribution in [0.2, 0.25) is 5.02 Å². The zero-order valence-corrected chi connectivity index (χ0v) is 18.2. The lowest BCUT2D eigenvalue weighted by Gasteiger charge is -2.15. The molecule has 3 aromatic rings. The molecule has 0 saturated heterocycles. The van der Waals surface area contributed by atoms with Gasteiger partial charge in [-0.05, 0) is 36.8 Å². The number of nitrogens with one attached hydrogen (secondary N) is 1. The Labute approximate surface area is 185 Å². The van der Waals surface area contributed by atoms with Crippen molar-refractivity contribution in [3.8, 4) is 5.75 Å². The molecular weight excluding hydrogens is 420 g/mol. The number of halogens is 1. The number of carbonyl (C=O) groups is 1. The summed E-state index contributed by atoms with van der Waals surface area (Å²) in [5, 5.41) is 12.8. The topological polar surface area (TPSA) is 69.0 Å². The van der Waals surface area contributed by atoms with Crippen LogP contribution in [0, 0.1) is 0 Å². The summed E-state index contributed by atoms with van der Waals surface area (Å²) in [6.07, 6.45) is 1.47. The summed E-state index contributed by atoms with van der Waals surface area (Å²) in [5.74, 6) is 1.59. The van der Waals surface area contributed by atoms with Crippen molar-refractivity contribution in [2.24, 2.45) is 0 Å². The van der Waals surface area contributed by atoms with Crippen LogP contribution in [0.1, 0.15) is 24.4 Å². The molecule has 0 radical (unpaired) electrons. The second kappa shape index (κ2) is 10.8. The van der Waals surface area contributed by atoms with Gasteiger partial charge < -0.3 is 10.1 Å². The first-order valence-corrected chi connectivity index (χ1v) is 10.8. The van der Waals surface area contributed by atoms with Gasteiger partial charge in [-0.1, -0.05) is 59.8 Å². The Bertz CT molecular complexity index is 977. The lowest BCUT2D eigenvalue weighted by Crippen LogP contribution is -2.24. The van der Waals surface area contributed by atoms with Crippen LogP contribution in [-0.2, 0) is 17.9 Å². The molecule has 0 aliphatic rings. The first-order valence-electron chi connectivity index (χ1n) is 9.46. The van der Waals surface area contributed by atoms with Crippen LogP contribution in [0.3, 0.4) is 0 Å². The Morgan fingerprint density at radius 2 is 1.97 bits per heavy atom. The zero-order valence-electron chi connectivity index (χ0n) is 16.6. The molecule has 0 spiro atoms. The third-order valence-corrected chi connectivity index (χ3v) is 5.43. The lowest BCUT2D eigenvalue weighted by atomic mass is 10.2. The summed E-state index contributed by atoms with van der Waals surface area (Å²) in [6, 6.07) is 16.9. The van der Waals surface area contributed by atoms with E-state index in [1.54, 1.807) is 18.2 Å². The van der Waals surface area contributed by atoms with Gasteiger partial charge in [0.1, 0.15) is 5.75 Å². The number of rotatable bonds is 10. The van der Waals surface area contributed by atoms with Gasteiger partial charge in [-0.25, -0.2) is 0 Å². The van der Waals surface area contributed by atoms with Gasteiger partial charge in [0.2, 0.25) is 5.91 Å². The van der Waals surface area contributed by atoms with Crippen molar-refractivity contribution in [3.63, 3.8) is 0 Å². The van der Waals surface area contributed by atoms with Crippen molar-refractivity contribution in [1.82, 2.24) is 20.1 Å². The highest BCUT2D eigenvalue weighted by molar-refractivity contribution is 7.99. The van der Waals surface area contributed by atoms with Crippen LogP contribution in [0.15, 0.2) is 72.4 Å². The maximum absolute atomic E-state index is 12.2. The van der Waals surface area contributed by atoms with Crippen LogP contribution < -0.4 is 10.1 Å². The molecule has 1 atom stereocenters. The third-order valence-electron chi connectivity index (χ3n) is 4.21. The molecule has 0 bridgehead atoms. The zero-order chi connectivity index (χ0) is 21.3. The minimum atomic E-state index is -0.298. The van der Waals surface area contributed by atoms with Crippen LogP contribution in [0.25, 0.3) is 0 Å². The van der Waals surface area contributed by atoms with Gasteiger partial charge in [0, 0.05) is 18.1 Å². The quantitative estimate of drug-likeness (QED) is 0.365. The Morgan fingerprint density at radius 3 is 2.67 bits per heavy atom. The molecule has 0 aliphatic heterocycles. The molecule has 3 rings (SSSR count). The second-order valence-electron chi connectivity index (χ2n) is 6.51. The fourth-order valence-corrected chi connectivity index (χ4v) is 3.66. The van der Waals surface area contributed by atoms with E-state index in [2.05, 4.69) is 22.1 Å². The summed E-state index contributed by atoms with van der Waals surface area (Å²) >= 11 is 7.21. The van der Waals surface area contributed by atoms with Crippen LogP contribution in [0.4, 0.5) is 0 Å². The Hall–Kier alpha value is -2.77. The van der Waals surface area contributed by atoms with E-state index < -0.39 is 0 Å². The van der Waals surface area contributed by atoms with Gasteiger partial charge in [-0.2, -0.15) is 0 Å². The number of aromatic nitrogens is 3. The number of allylic oxidation sites excluding steroid dienone is 1. The largest absolute Gasteiger partial charge is 0.483 e. The molecule has 0 saturated carbocycles. The smallest absolute Gasteiger partial charge is 0.230 e. The van der Waals surface area contributed by atoms with E-state index >= 15 is 0 Å². The molecule has 1 aromatic heterocycles. The number of para-hydroxylation sites is 1. The minimum absolute atomic E-state index is 0.0850. The van der Waals surface area contributed by atoms with Crippen molar-refractivity contribution in [2.75, 3.05) is 5.75 Å². The highest BCUT2D eigenvalue weighted by atomic mass is 35.5. The number of hydrogen-bond acceptors (Lipinski definition) is 5. The number of nitrogens with zero attached hydrogens (tertiary/aromatic N) is 3. The van der Waals surface area contributed by atoms with Gasteiger partial charge in [-0.15, -0.1) is 16.8 Å². The molecule has 0 aliphatic carbocycles. The van der Waals surface area contributed by atoms with Crippen molar-refractivity contribution in [1.29, 1.82) is 0 Å². The first-order chi connectivity index (χ1) is 14.6. The van der Waals surface area contributed by atoms with Crippen LogP contribution in [-0.4, -0.2) is 26.4 Å². The number of thioether (sulfide) groups is 1. The van der Waals surface area contributed by atoms with Gasteiger partial charge >= 0.3 is 0 Å². The van der Waals surface area contributed by atoms with E-state index in [0.717, 1.165) is 11.3 Å². The summed E-state index contributed by atoms with van der Waals surface area (Å²) < 4.78 is 7.88. The standard InChI is InChI=1S/C22H23ClN4O2S/c1-3-13-27-21(16(2)29-19-7-5-4-6-8-19)25-26-22(27)30-15-20(28)24-14-17-9-11-18(23)12-10-17/h3-12,16H,1,13-15H2,2H3,(H,24,28). The molecule has 6 nitrogen and oxygen atoms in total. The maximum atomic E-state index is 12.2.